The van der Waals surface area contributed by atoms with Gasteiger partial charge in [-0.15, -0.1) is 0 Å². The molecule has 1 aromatic carbocycles. The Labute approximate surface area is 147 Å². The lowest BCUT2D eigenvalue weighted by atomic mass is 9.96. The number of benzene rings is 1. The molecule has 1 unspecified atom stereocenters. The summed E-state index contributed by atoms with van der Waals surface area (Å²) in [5.41, 5.74) is 2.35. The quantitative estimate of drug-likeness (QED) is 0.831. The van der Waals surface area contributed by atoms with E-state index in [0.29, 0.717) is 5.91 Å². The first-order valence-corrected chi connectivity index (χ1v) is 9.93. The van der Waals surface area contributed by atoms with E-state index in [2.05, 4.69) is 34.9 Å². The van der Waals surface area contributed by atoms with Crippen LogP contribution in [0.3, 0.4) is 0 Å². The first-order valence-electron chi connectivity index (χ1n) is 9.11. The molecule has 1 atom stereocenters. The second kappa shape index (κ2) is 6.71. The number of aryl methyl sites for hydroxylation is 1. The molecule has 2 aliphatic rings. The summed E-state index contributed by atoms with van der Waals surface area (Å²) in [5, 5.41) is 1.08. The topological polar surface area (TPSA) is 36.4 Å². The Morgan fingerprint density at radius 2 is 2.00 bits per heavy atom. The highest BCUT2D eigenvalue weighted by Gasteiger charge is 2.30. The van der Waals surface area contributed by atoms with Crippen molar-refractivity contribution < 1.29 is 4.79 Å². The number of fused-ring (bicyclic) bond motifs is 1. The zero-order valence-electron chi connectivity index (χ0n) is 14.3. The fraction of sp³-hybridized carbons (Fsp3) is 0.579. The van der Waals surface area contributed by atoms with Gasteiger partial charge in [0.15, 0.2) is 5.13 Å². The maximum Gasteiger partial charge on any atom is 0.227 e. The third-order valence-corrected chi connectivity index (χ3v) is 6.32. The minimum atomic E-state index is 0.144. The van der Waals surface area contributed by atoms with Gasteiger partial charge >= 0.3 is 0 Å². The summed E-state index contributed by atoms with van der Waals surface area (Å²) in [6.45, 7) is 5.87. The van der Waals surface area contributed by atoms with Gasteiger partial charge in [-0.25, -0.2) is 4.98 Å². The van der Waals surface area contributed by atoms with Gasteiger partial charge in [0.2, 0.25) is 5.91 Å². The van der Waals surface area contributed by atoms with Crippen LogP contribution in [0.1, 0.15) is 37.7 Å². The largest absolute Gasteiger partial charge is 0.347 e. The second-order valence-electron chi connectivity index (χ2n) is 7.14. The zero-order chi connectivity index (χ0) is 16.5. The number of carbonyl (C=O) groups is 1. The molecule has 0 spiro atoms. The fourth-order valence-electron chi connectivity index (χ4n) is 3.88. The number of amides is 1. The number of hydrogen-bond donors (Lipinski definition) is 0. The summed E-state index contributed by atoms with van der Waals surface area (Å²) < 4.78 is 1.24. The van der Waals surface area contributed by atoms with E-state index in [-0.39, 0.29) is 5.92 Å². The van der Waals surface area contributed by atoms with Crippen molar-refractivity contribution in [3.05, 3.63) is 23.8 Å². The molecule has 2 fully saturated rings. The summed E-state index contributed by atoms with van der Waals surface area (Å²) in [7, 11) is 0. The van der Waals surface area contributed by atoms with Crippen LogP contribution in [0.5, 0.6) is 0 Å². The van der Waals surface area contributed by atoms with Crippen molar-refractivity contribution in [3.63, 3.8) is 0 Å². The standard InChI is InChI=1S/C19H25N3OS/c1-14-7-8-16-17(12-14)24-19(20-16)22-11-5-6-15(13-22)18(23)21-9-3-2-4-10-21/h7-8,12,15H,2-6,9-11,13H2,1H3. The van der Waals surface area contributed by atoms with Crippen LogP contribution in [0.15, 0.2) is 18.2 Å². The maximum absolute atomic E-state index is 12.8. The first-order chi connectivity index (χ1) is 11.7. The summed E-state index contributed by atoms with van der Waals surface area (Å²) in [5.74, 6) is 0.516. The summed E-state index contributed by atoms with van der Waals surface area (Å²) in [4.78, 5) is 22.1. The van der Waals surface area contributed by atoms with Crippen LogP contribution in [0, 0.1) is 12.8 Å². The zero-order valence-corrected chi connectivity index (χ0v) is 15.1. The number of rotatable bonds is 2. The van der Waals surface area contributed by atoms with Crippen LogP contribution in [0.4, 0.5) is 5.13 Å². The number of aromatic nitrogens is 1. The van der Waals surface area contributed by atoms with E-state index in [4.69, 9.17) is 4.98 Å². The minimum absolute atomic E-state index is 0.144. The Balaban J connectivity index is 1.50. The van der Waals surface area contributed by atoms with Crippen molar-refractivity contribution in [1.29, 1.82) is 0 Å². The van der Waals surface area contributed by atoms with E-state index in [1.807, 2.05) is 0 Å². The number of carbonyl (C=O) groups excluding carboxylic acids is 1. The van der Waals surface area contributed by atoms with Gasteiger partial charge in [-0.05, 0) is 56.7 Å². The average molecular weight is 343 g/mol. The van der Waals surface area contributed by atoms with Gasteiger partial charge in [-0.1, -0.05) is 17.4 Å². The molecule has 0 saturated carbocycles. The predicted molar refractivity (Wildman–Crippen MR) is 99.7 cm³/mol. The minimum Gasteiger partial charge on any atom is -0.347 e. The lowest BCUT2D eigenvalue weighted by molar-refractivity contribution is -0.136. The molecule has 0 aliphatic carbocycles. The Morgan fingerprint density at radius 3 is 2.83 bits per heavy atom. The van der Waals surface area contributed by atoms with Crippen LogP contribution >= 0.6 is 11.3 Å². The summed E-state index contributed by atoms with van der Waals surface area (Å²) >= 11 is 1.76. The molecule has 5 heteroatoms. The number of likely N-dealkylation sites (tertiary alicyclic amines) is 1. The van der Waals surface area contributed by atoms with Crippen LogP contribution in [0.25, 0.3) is 10.2 Å². The van der Waals surface area contributed by atoms with Crippen LogP contribution in [0.2, 0.25) is 0 Å². The van der Waals surface area contributed by atoms with Gasteiger partial charge in [0.25, 0.3) is 0 Å². The van der Waals surface area contributed by atoms with Gasteiger partial charge in [0, 0.05) is 26.2 Å². The average Bonchev–Trinajstić information content (AvgIpc) is 3.05. The SMILES string of the molecule is Cc1ccc2nc(N3CCCC(C(=O)N4CCCCC4)C3)sc2c1. The van der Waals surface area contributed by atoms with Crippen molar-refractivity contribution in [2.75, 3.05) is 31.1 Å². The van der Waals surface area contributed by atoms with E-state index in [1.165, 1.54) is 29.5 Å². The molecule has 0 bridgehead atoms. The molecule has 2 aliphatic heterocycles. The Morgan fingerprint density at radius 1 is 1.17 bits per heavy atom. The smallest absolute Gasteiger partial charge is 0.227 e. The highest BCUT2D eigenvalue weighted by Crippen LogP contribution is 2.32. The maximum atomic E-state index is 12.8. The number of hydrogen-bond acceptors (Lipinski definition) is 4. The lowest BCUT2D eigenvalue weighted by Gasteiger charge is -2.36. The molecule has 0 N–H and O–H groups in total. The van der Waals surface area contributed by atoms with Crippen LogP contribution in [-0.4, -0.2) is 42.0 Å². The third kappa shape index (κ3) is 3.14. The van der Waals surface area contributed by atoms with E-state index in [1.54, 1.807) is 11.3 Å². The second-order valence-corrected chi connectivity index (χ2v) is 8.15. The predicted octanol–water partition coefficient (Wildman–Crippen LogP) is 3.83. The molecule has 1 amide bonds. The van der Waals surface area contributed by atoms with Crippen LogP contribution < -0.4 is 4.90 Å². The highest BCUT2D eigenvalue weighted by molar-refractivity contribution is 7.22. The van der Waals surface area contributed by atoms with Crippen molar-refractivity contribution >= 4 is 32.6 Å². The lowest BCUT2D eigenvalue weighted by Crippen LogP contribution is -2.46. The molecule has 2 aromatic rings. The van der Waals surface area contributed by atoms with Gasteiger partial charge in [-0.2, -0.15) is 0 Å². The van der Waals surface area contributed by atoms with Gasteiger partial charge < -0.3 is 9.80 Å². The molecule has 3 heterocycles. The van der Waals surface area contributed by atoms with Gasteiger partial charge in [0.05, 0.1) is 16.1 Å². The van der Waals surface area contributed by atoms with E-state index in [0.717, 1.165) is 49.7 Å². The van der Waals surface area contributed by atoms with Gasteiger partial charge in [-0.3, -0.25) is 4.79 Å². The van der Waals surface area contributed by atoms with E-state index < -0.39 is 0 Å². The molecule has 2 saturated heterocycles. The Kier molecular flexibility index (Phi) is 4.44. The Bertz CT molecular complexity index is 735. The molecule has 4 nitrogen and oxygen atoms in total. The molecule has 1 aromatic heterocycles. The molecule has 4 rings (SSSR count). The van der Waals surface area contributed by atoms with Crippen LogP contribution in [-0.2, 0) is 4.79 Å². The van der Waals surface area contributed by atoms with E-state index in [9.17, 15) is 4.79 Å². The van der Waals surface area contributed by atoms with Crippen molar-refractivity contribution in [1.82, 2.24) is 9.88 Å². The van der Waals surface area contributed by atoms with Crippen molar-refractivity contribution in [3.8, 4) is 0 Å². The first kappa shape index (κ1) is 15.9. The number of thiazole rings is 1. The molecule has 0 radical (unpaired) electrons. The number of anilines is 1. The van der Waals surface area contributed by atoms with Crippen molar-refractivity contribution in [2.45, 2.75) is 39.0 Å². The third-order valence-electron chi connectivity index (χ3n) is 5.24. The fourth-order valence-corrected chi connectivity index (χ4v) is 4.98. The van der Waals surface area contributed by atoms with E-state index >= 15 is 0 Å². The number of nitrogens with zero attached hydrogens (tertiary/aromatic N) is 3. The highest BCUT2D eigenvalue weighted by atomic mass is 32.1. The summed E-state index contributed by atoms with van der Waals surface area (Å²) in [6, 6.07) is 6.42. The van der Waals surface area contributed by atoms with Gasteiger partial charge in [0.1, 0.15) is 0 Å². The van der Waals surface area contributed by atoms with Crippen molar-refractivity contribution in [2.24, 2.45) is 5.92 Å². The molecule has 24 heavy (non-hydrogen) atoms. The summed E-state index contributed by atoms with van der Waals surface area (Å²) in [6.07, 6.45) is 5.71. The molecular weight excluding hydrogens is 318 g/mol. The monoisotopic (exact) mass is 343 g/mol. The molecular formula is C19H25N3OS. The normalized spacial score (nSPS) is 22.1. The number of piperidine rings is 2. The molecule has 128 valence electrons. The Hall–Kier alpha value is -1.62.